The Labute approximate surface area is 115 Å². The van der Waals surface area contributed by atoms with Gasteiger partial charge in [-0.1, -0.05) is 0 Å². The van der Waals surface area contributed by atoms with Gasteiger partial charge in [-0.05, 0) is 31.5 Å². The first kappa shape index (κ1) is 14.0. The third-order valence-electron chi connectivity index (χ3n) is 2.75. The molecule has 0 atom stereocenters. The van der Waals surface area contributed by atoms with E-state index in [0.717, 1.165) is 0 Å². The fourth-order valence-electron chi connectivity index (χ4n) is 1.74. The Morgan fingerprint density at radius 3 is 2.55 bits per heavy atom. The van der Waals surface area contributed by atoms with Crippen molar-refractivity contribution in [1.29, 1.82) is 0 Å². The number of hydrogen-bond acceptors (Lipinski definition) is 5. The van der Waals surface area contributed by atoms with Gasteiger partial charge in [0.2, 0.25) is 0 Å². The van der Waals surface area contributed by atoms with Crippen molar-refractivity contribution in [3.8, 4) is 0 Å². The third-order valence-corrected chi connectivity index (χ3v) is 4.04. The minimum atomic E-state index is -3.84. The molecule has 0 unspecified atom stereocenters. The summed E-state index contributed by atoms with van der Waals surface area (Å²) in [5.74, 6) is 0. The molecular weight excluding hydrogens is 284 g/mol. The second kappa shape index (κ2) is 4.93. The normalized spacial score (nSPS) is 11.3. The summed E-state index contributed by atoms with van der Waals surface area (Å²) in [6, 6.07) is 4.06. The highest BCUT2D eigenvalue weighted by molar-refractivity contribution is 7.92. The number of anilines is 1. The lowest BCUT2D eigenvalue weighted by Gasteiger charge is -2.10. The number of H-pyrrole nitrogens is 1. The molecule has 0 spiro atoms. The van der Waals surface area contributed by atoms with E-state index in [-0.39, 0.29) is 16.4 Å². The molecule has 0 amide bonds. The summed E-state index contributed by atoms with van der Waals surface area (Å²) in [6.07, 6.45) is 1.30. The number of rotatable bonds is 4. The van der Waals surface area contributed by atoms with Crippen molar-refractivity contribution in [2.75, 3.05) is 4.72 Å². The summed E-state index contributed by atoms with van der Waals surface area (Å²) in [6.45, 7) is 3.26. The van der Waals surface area contributed by atoms with Crippen LogP contribution in [0.5, 0.6) is 0 Å². The van der Waals surface area contributed by atoms with Crippen molar-refractivity contribution in [1.82, 2.24) is 10.2 Å². The van der Waals surface area contributed by atoms with Gasteiger partial charge in [-0.25, -0.2) is 0 Å². The highest BCUT2D eigenvalue weighted by Crippen LogP contribution is 2.27. The fraction of sp³-hybridized carbons (Fsp3) is 0.182. The zero-order valence-electron chi connectivity index (χ0n) is 10.7. The first-order valence-corrected chi connectivity index (χ1v) is 7.07. The number of aryl methyl sites for hydroxylation is 2. The van der Waals surface area contributed by atoms with Gasteiger partial charge in [-0.15, -0.1) is 0 Å². The lowest BCUT2D eigenvalue weighted by atomic mass is 10.1. The van der Waals surface area contributed by atoms with Crippen LogP contribution in [-0.4, -0.2) is 23.5 Å². The molecule has 106 valence electrons. The van der Waals surface area contributed by atoms with Crippen LogP contribution in [0.15, 0.2) is 29.4 Å². The van der Waals surface area contributed by atoms with Crippen LogP contribution in [0.4, 0.5) is 11.4 Å². The monoisotopic (exact) mass is 296 g/mol. The van der Waals surface area contributed by atoms with Gasteiger partial charge in [-0.3, -0.25) is 19.9 Å². The van der Waals surface area contributed by atoms with Gasteiger partial charge < -0.3 is 0 Å². The predicted octanol–water partition coefficient (Wildman–Crippen LogP) is 1.74. The summed E-state index contributed by atoms with van der Waals surface area (Å²) < 4.78 is 26.4. The molecule has 9 heteroatoms. The molecule has 0 fully saturated rings. The third kappa shape index (κ3) is 2.62. The lowest BCUT2D eigenvalue weighted by molar-refractivity contribution is -0.385. The van der Waals surface area contributed by atoms with Gasteiger partial charge in [0.05, 0.1) is 16.8 Å². The highest BCUT2D eigenvalue weighted by atomic mass is 32.2. The van der Waals surface area contributed by atoms with Gasteiger partial charge in [0.25, 0.3) is 15.7 Å². The molecule has 0 bridgehead atoms. The fourth-order valence-corrected chi connectivity index (χ4v) is 2.77. The first-order chi connectivity index (χ1) is 9.31. The Morgan fingerprint density at radius 2 is 2.00 bits per heavy atom. The number of sulfonamides is 1. The quantitative estimate of drug-likeness (QED) is 0.658. The molecule has 0 aliphatic heterocycles. The van der Waals surface area contributed by atoms with Crippen molar-refractivity contribution in [2.24, 2.45) is 0 Å². The molecule has 1 aromatic carbocycles. The summed E-state index contributed by atoms with van der Waals surface area (Å²) in [5.41, 5.74) is 1.09. The number of hydrogen-bond donors (Lipinski definition) is 2. The van der Waals surface area contributed by atoms with E-state index in [0.29, 0.717) is 11.1 Å². The number of nitrogens with zero attached hydrogens (tertiary/aromatic N) is 2. The van der Waals surface area contributed by atoms with Crippen LogP contribution in [0.25, 0.3) is 0 Å². The average Bonchev–Trinajstić information content (AvgIpc) is 2.86. The van der Waals surface area contributed by atoms with Gasteiger partial charge in [0, 0.05) is 11.6 Å². The first-order valence-electron chi connectivity index (χ1n) is 5.59. The Kier molecular flexibility index (Phi) is 3.45. The average molecular weight is 296 g/mol. The van der Waals surface area contributed by atoms with Gasteiger partial charge in [-0.2, -0.15) is 13.5 Å². The number of nitro benzene ring substituents is 1. The van der Waals surface area contributed by atoms with E-state index in [4.69, 9.17) is 0 Å². The van der Waals surface area contributed by atoms with Crippen LogP contribution >= 0.6 is 0 Å². The van der Waals surface area contributed by atoms with Crippen LogP contribution in [0, 0.1) is 24.0 Å². The molecular formula is C11H12N4O4S. The zero-order valence-corrected chi connectivity index (χ0v) is 11.6. The van der Waals surface area contributed by atoms with E-state index in [2.05, 4.69) is 14.9 Å². The molecule has 20 heavy (non-hydrogen) atoms. The second-order valence-electron chi connectivity index (χ2n) is 4.24. The van der Waals surface area contributed by atoms with Crippen molar-refractivity contribution in [3.63, 3.8) is 0 Å². The molecule has 0 aliphatic carbocycles. The van der Waals surface area contributed by atoms with E-state index in [1.54, 1.807) is 19.9 Å². The predicted molar refractivity (Wildman–Crippen MR) is 72.0 cm³/mol. The smallest absolute Gasteiger partial charge is 0.278 e. The number of nitrogens with one attached hydrogen (secondary N) is 2. The molecule has 2 N–H and O–H groups in total. The Bertz CT molecular complexity index is 753. The summed E-state index contributed by atoms with van der Waals surface area (Å²) in [7, 11) is -3.84. The molecule has 1 aromatic heterocycles. The van der Waals surface area contributed by atoms with Crippen molar-refractivity contribution >= 4 is 21.4 Å². The summed E-state index contributed by atoms with van der Waals surface area (Å²) >= 11 is 0. The van der Waals surface area contributed by atoms with Gasteiger partial charge in [0.1, 0.15) is 0 Å². The molecule has 8 nitrogen and oxygen atoms in total. The van der Waals surface area contributed by atoms with E-state index in [1.807, 2.05) is 0 Å². The molecule has 0 saturated heterocycles. The van der Waals surface area contributed by atoms with E-state index < -0.39 is 14.9 Å². The largest absolute Gasteiger partial charge is 0.278 e. The van der Waals surface area contributed by atoms with Crippen LogP contribution in [-0.2, 0) is 10.0 Å². The highest BCUT2D eigenvalue weighted by Gasteiger charge is 2.20. The number of aromatic amines is 1. The SMILES string of the molecule is Cc1cc(C)c([N+](=O)[O-])cc1NS(=O)(=O)c1ccn[nH]1. The van der Waals surface area contributed by atoms with E-state index >= 15 is 0 Å². The van der Waals surface area contributed by atoms with Crippen LogP contribution in [0.1, 0.15) is 11.1 Å². The Hall–Kier alpha value is -2.42. The maximum atomic E-state index is 12.0. The molecule has 2 aromatic rings. The van der Waals surface area contributed by atoms with E-state index in [9.17, 15) is 18.5 Å². The van der Waals surface area contributed by atoms with Gasteiger partial charge in [0.15, 0.2) is 5.03 Å². The maximum Gasteiger partial charge on any atom is 0.278 e. The maximum absolute atomic E-state index is 12.0. The molecule has 0 aliphatic rings. The summed E-state index contributed by atoms with van der Waals surface area (Å²) in [4.78, 5) is 10.3. The van der Waals surface area contributed by atoms with Crippen molar-refractivity contribution in [2.45, 2.75) is 18.9 Å². The Balaban J connectivity index is 2.44. The molecule has 0 radical (unpaired) electrons. The van der Waals surface area contributed by atoms with Crippen LogP contribution < -0.4 is 4.72 Å². The van der Waals surface area contributed by atoms with Gasteiger partial charge >= 0.3 is 0 Å². The van der Waals surface area contributed by atoms with Crippen LogP contribution in [0.3, 0.4) is 0 Å². The molecule has 2 rings (SSSR count). The molecule has 0 saturated carbocycles. The number of aromatic nitrogens is 2. The minimum Gasteiger partial charge on any atom is -0.278 e. The second-order valence-corrected chi connectivity index (χ2v) is 5.89. The van der Waals surface area contributed by atoms with Crippen LogP contribution in [0.2, 0.25) is 0 Å². The van der Waals surface area contributed by atoms with E-state index in [1.165, 1.54) is 18.3 Å². The number of nitro groups is 1. The molecule has 1 heterocycles. The lowest BCUT2D eigenvalue weighted by Crippen LogP contribution is -2.14. The van der Waals surface area contributed by atoms with Crippen molar-refractivity contribution in [3.05, 3.63) is 45.6 Å². The Morgan fingerprint density at radius 1 is 1.30 bits per heavy atom. The van der Waals surface area contributed by atoms with Crippen molar-refractivity contribution < 1.29 is 13.3 Å². The summed E-state index contributed by atoms with van der Waals surface area (Å²) in [5, 5.41) is 16.7. The zero-order chi connectivity index (χ0) is 14.9. The standard InChI is InChI=1S/C11H12N4O4S/c1-7-5-8(2)10(15(16)17)6-9(7)14-20(18,19)11-3-4-12-13-11/h3-6,14H,1-2H3,(H,12,13). The minimum absolute atomic E-state index is 0.111. The number of benzene rings is 1. The topological polar surface area (TPSA) is 118 Å².